The Labute approximate surface area is 158 Å². The lowest BCUT2D eigenvalue weighted by Gasteiger charge is -2.61. The van der Waals surface area contributed by atoms with E-state index >= 15 is 4.39 Å². The highest BCUT2D eigenvalue weighted by Gasteiger charge is 2.70. The van der Waals surface area contributed by atoms with Crippen molar-refractivity contribution in [2.24, 2.45) is 28.6 Å². The fourth-order valence-corrected chi connectivity index (χ4v) is 6.84. The number of aliphatic carboxylic acids is 1. The first-order chi connectivity index (χ1) is 12.5. The molecule has 5 heteroatoms. The van der Waals surface area contributed by atoms with Crippen molar-refractivity contribution in [1.29, 1.82) is 0 Å². The lowest BCUT2D eigenvalue weighted by molar-refractivity contribution is -0.183. The summed E-state index contributed by atoms with van der Waals surface area (Å²) in [6, 6.07) is 0. The number of carboxylic acids is 1. The van der Waals surface area contributed by atoms with Gasteiger partial charge >= 0.3 is 5.97 Å². The average molecular weight is 374 g/mol. The normalized spacial score (nSPS) is 50.0. The first kappa shape index (κ1) is 18.6. The number of fused-ring (bicyclic) bond motifs is 5. The zero-order valence-corrected chi connectivity index (χ0v) is 16.0. The monoisotopic (exact) mass is 374 g/mol. The van der Waals surface area contributed by atoms with Crippen molar-refractivity contribution in [3.8, 4) is 0 Å². The highest BCUT2D eigenvalue weighted by atomic mass is 19.1. The molecule has 0 aromatic carbocycles. The molecule has 146 valence electrons. The van der Waals surface area contributed by atoms with Gasteiger partial charge in [-0.3, -0.25) is 4.79 Å². The summed E-state index contributed by atoms with van der Waals surface area (Å²) < 4.78 is 16.8. The Morgan fingerprint density at radius 1 is 1.33 bits per heavy atom. The Bertz CT molecular complexity index is 811. The van der Waals surface area contributed by atoms with Crippen LogP contribution in [0.3, 0.4) is 0 Å². The largest absolute Gasteiger partial charge is 0.478 e. The average Bonchev–Trinajstić information content (AvgIpc) is 2.81. The van der Waals surface area contributed by atoms with E-state index in [2.05, 4.69) is 0 Å². The lowest BCUT2D eigenvalue weighted by Crippen LogP contribution is -2.66. The molecule has 4 nitrogen and oxygen atoms in total. The number of aliphatic hydroxyl groups excluding tert-OH is 1. The molecular formula is C22H27FO4. The van der Waals surface area contributed by atoms with Crippen molar-refractivity contribution in [3.63, 3.8) is 0 Å². The van der Waals surface area contributed by atoms with Gasteiger partial charge in [-0.1, -0.05) is 31.1 Å². The molecule has 27 heavy (non-hydrogen) atoms. The molecule has 3 saturated carbocycles. The number of carboxylic acid groups (broad SMARTS) is 1. The van der Waals surface area contributed by atoms with E-state index in [1.807, 2.05) is 13.8 Å². The van der Waals surface area contributed by atoms with Crippen LogP contribution in [0.5, 0.6) is 0 Å². The Hall–Kier alpha value is -1.75. The number of rotatable bonds is 1. The van der Waals surface area contributed by atoms with Crippen LogP contribution in [0.1, 0.15) is 46.5 Å². The summed E-state index contributed by atoms with van der Waals surface area (Å²) in [6.45, 7) is 5.79. The maximum atomic E-state index is 16.8. The van der Waals surface area contributed by atoms with E-state index in [-0.39, 0.29) is 30.0 Å². The van der Waals surface area contributed by atoms with Crippen molar-refractivity contribution in [2.75, 3.05) is 0 Å². The van der Waals surface area contributed by atoms with Crippen LogP contribution >= 0.6 is 0 Å². The van der Waals surface area contributed by atoms with E-state index < -0.39 is 28.6 Å². The SMILES string of the molecule is C[C@H]1C[C@H]2[C@H]3CCC4=CC(=O)C=C[C@]4(C)[C@]3(F)[C@@H](O)C[C@]2(C)/C1=C/C(=O)O. The van der Waals surface area contributed by atoms with Gasteiger partial charge in [-0.05, 0) is 62.0 Å². The third kappa shape index (κ3) is 2.24. The summed E-state index contributed by atoms with van der Waals surface area (Å²) in [6.07, 6.45) is 6.81. The van der Waals surface area contributed by atoms with Crippen LogP contribution in [-0.4, -0.2) is 33.7 Å². The number of alkyl halides is 1. The molecule has 3 fully saturated rings. The molecule has 0 bridgehead atoms. The van der Waals surface area contributed by atoms with Gasteiger partial charge in [0.1, 0.15) is 0 Å². The predicted molar refractivity (Wildman–Crippen MR) is 98.6 cm³/mol. The smallest absolute Gasteiger partial charge is 0.328 e. The minimum atomic E-state index is -1.85. The highest BCUT2D eigenvalue weighted by Crippen LogP contribution is 2.69. The molecule has 0 aromatic heterocycles. The maximum absolute atomic E-state index is 16.8. The number of hydrogen-bond donors (Lipinski definition) is 2. The third-order valence-corrected chi connectivity index (χ3v) is 8.11. The maximum Gasteiger partial charge on any atom is 0.328 e. The van der Waals surface area contributed by atoms with Crippen LogP contribution in [0, 0.1) is 28.6 Å². The number of halogens is 1. The number of carbonyl (C=O) groups excluding carboxylic acids is 1. The number of ketones is 1. The van der Waals surface area contributed by atoms with E-state index in [1.165, 1.54) is 18.2 Å². The van der Waals surface area contributed by atoms with Gasteiger partial charge in [-0.2, -0.15) is 0 Å². The molecule has 0 unspecified atom stereocenters. The Morgan fingerprint density at radius 3 is 2.70 bits per heavy atom. The van der Waals surface area contributed by atoms with Crippen LogP contribution in [0.4, 0.5) is 4.39 Å². The standard InChI is InChI=1S/C22H27FO4/c1-12-8-17-15-5-4-13-9-14(24)6-7-21(13,3)22(15,23)18(25)11-20(17,2)16(12)10-19(26)27/h6-7,9-10,12,15,17-18,25H,4-5,8,11H2,1-3H3,(H,26,27)/b16-10+/t12-,15+,17-,18-,20+,21-,22+/m0/s1. The second kappa shape index (κ2) is 5.63. The summed E-state index contributed by atoms with van der Waals surface area (Å²) >= 11 is 0. The minimum Gasteiger partial charge on any atom is -0.478 e. The van der Waals surface area contributed by atoms with Crippen LogP contribution in [0.25, 0.3) is 0 Å². The van der Waals surface area contributed by atoms with Crippen molar-refractivity contribution >= 4 is 11.8 Å². The van der Waals surface area contributed by atoms with Gasteiger partial charge in [0.25, 0.3) is 0 Å². The fraction of sp³-hybridized carbons (Fsp3) is 0.636. The Kier molecular flexibility index (Phi) is 3.88. The second-order valence-electron chi connectivity index (χ2n) is 9.34. The zero-order valence-electron chi connectivity index (χ0n) is 16.0. The molecule has 4 aliphatic rings. The van der Waals surface area contributed by atoms with E-state index in [4.69, 9.17) is 0 Å². The van der Waals surface area contributed by atoms with Crippen LogP contribution in [0.15, 0.2) is 35.5 Å². The van der Waals surface area contributed by atoms with E-state index in [0.717, 1.165) is 17.6 Å². The molecular weight excluding hydrogens is 347 g/mol. The molecule has 0 aromatic rings. The molecule has 0 radical (unpaired) electrons. The summed E-state index contributed by atoms with van der Waals surface area (Å²) in [5, 5.41) is 20.4. The molecule has 0 saturated heterocycles. The van der Waals surface area contributed by atoms with Gasteiger partial charge < -0.3 is 10.2 Å². The van der Waals surface area contributed by atoms with Crippen molar-refractivity contribution in [1.82, 2.24) is 0 Å². The van der Waals surface area contributed by atoms with Gasteiger partial charge in [-0.25, -0.2) is 9.18 Å². The third-order valence-electron chi connectivity index (χ3n) is 8.11. The van der Waals surface area contributed by atoms with Crippen molar-refractivity contribution in [3.05, 3.63) is 35.5 Å². The molecule has 4 rings (SSSR count). The molecule has 0 spiro atoms. The molecule has 7 atom stereocenters. The zero-order chi connectivity index (χ0) is 19.8. The van der Waals surface area contributed by atoms with E-state index in [0.29, 0.717) is 12.8 Å². The van der Waals surface area contributed by atoms with Gasteiger partial charge in [0.05, 0.1) is 6.10 Å². The topological polar surface area (TPSA) is 74.6 Å². The van der Waals surface area contributed by atoms with Crippen molar-refractivity contribution in [2.45, 2.75) is 58.2 Å². The first-order valence-electron chi connectivity index (χ1n) is 9.80. The van der Waals surface area contributed by atoms with Crippen LogP contribution in [0.2, 0.25) is 0 Å². The van der Waals surface area contributed by atoms with Gasteiger partial charge in [0.15, 0.2) is 11.5 Å². The number of carbonyl (C=O) groups is 2. The van der Waals surface area contributed by atoms with Crippen LogP contribution in [-0.2, 0) is 9.59 Å². The first-order valence-corrected chi connectivity index (χ1v) is 9.80. The lowest BCUT2D eigenvalue weighted by atomic mass is 9.45. The van der Waals surface area contributed by atoms with Gasteiger partial charge in [0, 0.05) is 17.4 Å². The molecule has 0 amide bonds. The fourth-order valence-electron chi connectivity index (χ4n) is 6.84. The summed E-state index contributed by atoms with van der Waals surface area (Å²) in [4.78, 5) is 23.2. The van der Waals surface area contributed by atoms with E-state index in [9.17, 15) is 19.8 Å². The van der Waals surface area contributed by atoms with Gasteiger partial charge in [-0.15, -0.1) is 0 Å². The second-order valence-corrected chi connectivity index (χ2v) is 9.34. The van der Waals surface area contributed by atoms with Gasteiger partial charge in [0.2, 0.25) is 0 Å². The quantitative estimate of drug-likeness (QED) is 0.688. The van der Waals surface area contributed by atoms with E-state index in [1.54, 1.807) is 13.0 Å². The highest BCUT2D eigenvalue weighted by molar-refractivity contribution is 6.01. The Morgan fingerprint density at radius 2 is 2.04 bits per heavy atom. The minimum absolute atomic E-state index is 0.0177. The summed E-state index contributed by atoms with van der Waals surface area (Å²) in [5.74, 6) is -1.44. The van der Waals surface area contributed by atoms with Crippen LogP contribution < -0.4 is 0 Å². The van der Waals surface area contributed by atoms with Crippen molar-refractivity contribution < 1.29 is 24.2 Å². The molecule has 2 N–H and O–H groups in total. The molecule has 4 aliphatic carbocycles. The predicted octanol–water partition coefficient (Wildman–Crippen LogP) is 3.61. The number of allylic oxidation sites excluding steroid dienone is 5. The Balaban J connectivity index is 1.83. The number of hydrogen-bond acceptors (Lipinski definition) is 3. The summed E-state index contributed by atoms with van der Waals surface area (Å²) in [7, 11) is 0. The number of aliphatic hydroxyl groups is 1. The summed E-state index contributed by atoms with van der Waals surface area (Å²) in [5.41, 5.74) is -1.77. The molecule has 0 aliphatic heterocycles. The molecule has 0 heterocycles.